The van der Waals surface area contributed by atoms with E-state index in [1.807, 2.05) is 12.1 Å². The van der Waals surface area contributed by atoms with Crippen molar-refractivity contribution in [2.24, 2.45) is 0 Å². The van der Waals surface area contributed by atoms with Gasteiger partial charge in [0.2, 0.25) is 5.91 Å². The summed E-state index contributed by atoms with van der Waals surface area (Å²) in [5, 5.41) is 6.86. The molecule has 4 nitrogen and oxygen atoms in total. The Kier molecular flexibility index (Phi) is 5.05. The second kappa shape index (κ2) is 6.78. The second-order valence-electron chi connectivity index (χ2n) is 4.73. The third-order valence-electron chi connectivity index (χ3n) is 3.31. The molecule has 1 heterocycles. The van der Waals surface area contributed by atoms with Crippen LogP contribution in [0.2, 0.25) is 5.02 Å². The summed E-state index contributed by atoms with van der Waals surface area (Å²) in [7, 11) is 1.61. The summed E-state index contributed by atoms with van der Waals surface area (Å²) >= 11 is 5.95. The quantitative estimate of drug-likeness (QED) is 0.870. The molecule has 1 saturated heterocycles. The van der Waals surface area contributed by atoms with E-state index >= 15 is 0 Å². The molecule has 5 heteroatoms. The van der Waals surface area contributed by atoms with Crippen LogP contribution in [0.5, 0.6) is 5.75 Å². The number of amides is 1. The molecular formula is C14H19ClN2O2. The Morgan fingerprint density at radius 3 is 3.11 bits per heavy atom. The molecule has 1 amide bonds. The average Bonchev–Trinajstić information content (AvgIpc) is 2.89. The van der Waals surface area contributed by atoms with Crippen molar-refractivity contribution in [2.45, 2.75) is 31.8 Å². The smallest absolute Gasteiger partial charge is 0.221 e. The molecule has 1 aliphatic heterocycles. The van der Waals surface area contributed by atoms with Gasteiger partial charge in [0.05, 0.1) is 7.11 Å². The van der Waals surface area contributed by atoms with Crippen molar-refractivity contribution in [3.05, 3.63) is 28.8 Å². The zero-order chi connectivity index (χ0) is 13.7. The molecule has 2 N–H and O–H groups in total. The molecular weight excluding hydrogens is 264 g/mol. The van der Waals surface area contributed by atoms with Crippen LogP contribution in [0.25, 0.3) is 0 Å². The van der Waals surface area contributed by atoms with E-state index < -0.39 is 0 Å². The fourth-order valence-electron chi connectivity index (χ4n) is 2.31. The van der Waals surface area contributed by atoms with E-state index in [9.17, 15) is 4.79 Å². The van der Waals surface area contributed by atoms with Crippen molar-refractivity contribution in [1.82, 2.24) is 10.6 Å². The number of hydrogen-bond donors (Lipinski definition) is 2. The molecule has 19 heavy (non-hydrogen) atoms. The highest BCUT2D eigenvalue weighted by molar-refractivity contribution is 6.30. The van der Waals surface area contributed by atoms with Crippen molar-refractivity contribution in [3.8, 4) is 5.75 Å². The maximum Gasteiger partial charge on any atom is 0.221 e. The third-order valence-corrected chi connectivity index (χ3v) is 3.55. The fraction of sp³-hybridized carbons (Fsp3) is 0.500. The molecule has 0 bridgehead atoms. The molecule has 1 aliphatic rings. The van der Waals surface area contributed by atoms with E-state index in [0.29, 0.717) is 24.0 Å². The number of carbonyl (C=O) groups is 1. The lowest BCUT2D eigenvalue weighted by atomic mass is 10.1. The van der Waals surface area contributed by atoms with Gasteiger partial charge in [-0.2, -0.15) is 0 Å². The van der Waals surface area contributed by atoms with Gasteiger partial charge in [-0.25, -0.2) is 0 Å². The Hall–Kier alpha value is -1.26. The summed E-state index contributed by atoms with van der Waals surface area (Å²) in [6.45, 7) is 1.45. The number of nitrogens with one attached hydrogen (secondary N) is 2. The van der Waals surface area contributed by atoms with E-state index in [0.717, 1.165) is 30.7 Å². The Balaban J connectivity index is 1.87. The molecule has 1 unspecified atom stereocenters. The molecule has 1 aromatic rings. The summed E-state index contributed by atoms with van der Waals surface area (Å²) in [6, 6.07) is 5.71. The van der Waals surface area contributed by atoms with Gasteiger partial charge in [0.25, 0.3) is 0 Å². The highest BCUT2D eigenvalue weighted by Gasteiger charge is 2.17. The van der Waals surface area contributed by atoms with Gasteiger partial charge in [0, 0.05) is 29.6 Å². The molecule has 104 valence electrons. The molecule has 1 fully saturated rings. The first-order valence-electron chi connectivity index (χ1n) is 6.51. The first kappa shape index (κ1) is 14.2. The number of ether oxygens (including phenoxy) is 1. The highest BCUT2D eigenvalue weighted by Crippen LogP contribution is 2.22. The number of hydrogen-bond acceptors (Lipinski definition) is 3. The number of rotatable bonds is 5. The summed E-state index contributed by atoms with van der Waals surface area (Å²) in [5.41, 5.74) is 0.891. The van der Waals surface area contributed by atoms with E-state index in [2.05, 4.69) is 10.6 Å². The third kappa shape index (κ3) is 4.11. The molecule has 0 saturated carbocycles. The lowest BCUT2D eigenvalue weighted by Crippen LogP contribution is -2.31. The van der Waals surface area contributed by atoms with E-state index in [1.54, 1.807) is 13.2 Å². The van der Waals surface area contributed by atoms with Crippen LogP contribution < -0.4 is 15.4 Å². The van der Waals surface area contributed by atoms with Crippen molar-refractivity contribution in [1.29, 1.82) is 0 Å². The summed E-state index contributed by atoms with van der Waals surface area (Å²) in [6.07, 6.45) is 2.76. The molecule has 0 radical (unpaired) electrons. The topological polar surface area (TPSA) is 50.4 Å². The Labute approximate surface area is 118 Å². The Bertz CT molecular complexity index is 445. The normalized spacial score (nSPS) is 18.3. The number of methoxy groups -OCH3 is 1. The maximum absolute atomic E-state index is 11.8. The minimum Gasteiger partial charge on any atom is -0.496 e. The maximum atomic E-state index is 11.8. The van der Waals surface area contributed by atoms with Gasteiger partial charge in [-0.15, -0.1) is 0 Å². The molecule has 2 rings (SSSR count). The summed E-state index contributed by atoms with van der Waals surface area (Å²) in [4.78, 5) is 11.8. The predicted octanol–water partition coefficient (Wildman–Crippen LogP) is 2.11. The minimum absolute atomic E-state index is 0.0569. The van der Waals surface area contributed by atoms with Crippen LogP contribution in [0.3, 0.4) is 0 Å². The van der Waals surface area contributed by atoms with Crippen LogP contribution in [-0.4, -0.2) is 25.6 Å². The standard InChI is InChI=1S/C14H19ClN2O2/c1-19-13-5-4-11(15)7-10(13)9-17-14(18)8-12-3-2-6-16-12/h4-5,7,12,16H,2-3,6,8-9H2,1H3,(H,17,18). The molecule has 0 aromatic heterocycles. The van der Waals surface area contributed by atoms with Gasteiger partial charge in [-0.3, -0.25) is 4.79 Å². The first-order chi connectivity index (χ1) is 9.19. The fourth-order valence-corrected chi connectivity index (χ4v) is 2.50. The monoisotopic (exact) mass is 282 g/mol. The van der Waals surface area contributed by atoms with E-state index in [-0.39, 0.29) is 5.91 Å². The molecule has 1 atom stereocenters. The summed E-state index contributed by atoms with van der Waals surface area (Å²) < 4.78 is 5.24. The average molecular weight is 283 g/mol. The van der Waals surface area contributed by atoms with E-state index in [4.69, 9.17) is 16.3 Å². The SMILES string of the molecule is COc1ccc(Cl)cc1CNC(=O)CC1CCCN1. The number of carbonyl (C=O) groups excluding carboxylic acids is 1. The van der Waals surface area contributed by atoms with Gasteiger partial charge < -0.3 is 15.4 Å². The Morgan fingerprint density at radius 1 is 1.58 bits per heavy atom. The van der Waals surface area contributed by atoms with Crippen molar-refractivity contribution < 1.29 is 9.53 Å². The van der Waals surface area contributed by atoms with Crippen LogP contribution in [0, 0.1) is 0 Å². The number of benzene rings is 1. The lowest BCUT2D eigenvalue weighted by molar-refractivity contribution is -0.121. The van der Waals surface area contributed by atoms with Gasteiger partial charge in [-0.05, 0) is 37.6 Å². The van der Waals surface area contributed by atoms with Crippen molar-refractivity contribution >= 4 is 17.5 Å². The molecule has 1 aromatic carbocycles. The highest BCUT2D eigenvalue weighted by atomic mass is 35.5. The van der Waals surface area contributed by atoms with Crippen LogP contribution in [0.4, 0.5) is 0 Å². The van der Waals surface area contributed by atoms with Crippen LogP contribution >= 0.6 is 11.6 Å². The zero-order valence-electron chi connectivity index (χ0n) is 11.0. The van der Waals surface area contributed by atoms with Crippen molar-refractivity contribution in [3.63, 3.8) is 0 Å². The number of halogens is 1. The largest absolute Gasteiger partial charge is 0.496 e. The van der Waals surface area contributed by atoms with Crippen LogP contribution in [0.1, 0.15) is 24.8 Å². The van der Waals surface area contributed by atoms with E-state index in [1.165, 1.54) is 0 Å². The van der Waals surface area contributed by atoms with Gasteiger partial charge in [0.15, 0.2) is 0 Å². The summed E-state index contributed by atoms with van der Waals surface area (Å²) in [5.74, 6) is 0.796. The first-order valence-corrected chi connectivity index (χ1v) is 6.89. The molecule has 0 aliphatic carbocycles. The van der Waals surface area contributed by atoms with Crippen LogP contribution in [-0.2, 0) is 11.3 Å². The predicted molar refractivity (Wildman–Crippen MR) is 75.5 cm³/mol. The minimum atomic E-state index is 0.0569. The van der Waals surface area contributed by atoms with Crippen molar-refractivity contribution in [2.75, 3.05) is 13.7 Å². The second-order valence-corrected chi connectivity index (χ2v) is 5.17. The van der Waals surface area contributed by atoms with Gasteiger partial charge in [0.1, 0.15) is 5.75 Å². The molecule has 0 spiro atoms. The zero-order valence-corrected chi connectivity index (χ0v) is 11.8. The lowest BCUT2D eigenvalue weighted by Gasteiger charge is -2.12. The van der Waals surface area contributed by atoms with Gasteiger partial charge >= 0.3 is 0 Å². The Morgan fingerprint density at radius 2 is 2.42 bits per heavy atom. The van der Waals surface area contributed by atoms with Crippen LogP contribution in [0.15, 0.2) is 18.2 Å². The van der Waals surface area contributed by atoms with Gasteiger partial charge in [-0.1, -0.05) is 11.6 Å².